The van der Waals surface area contributed by atoms with Crippen molar-refractivity contribution in [2.24, 2.45) is 0 Å². The van der Waals surface area contributed by atoms with Gasteiger partial charge < -0.3 is 20.7 Å². The highest BCUT2D eigenvalue weighted by atomic mass is 19.1. The molecule has 0 atom stereocenters. The zero-order valence-corrected chi connectivity index (χ0v) is 18.0. The molecule has 2 aliphatic heterocycles. The summed E-state index contributed by atoms with van der Waals surface area (Å²) in [4.78, 5) is 12.8. The Hall–Kier alpha value is -2.96. The van der Waals surface area contributed by atoms with Crippen molar-refractivity contribution in [3.8, 4) is 5.75 Å². The Labute approximate surface area is 182 Å². The standard InChI is InChI=1S/C25H28FN3O2/c1-16-13-21(18-7-11-28-12-8-18)24(31-2)15-23(16)29-25(30)19-3-4-20(22(26)14-19)17-5-9-27-10-6-17/h3-5,7,13-15,27-28H,6,8-12H2,1-2H3,(H,29,30). The molecule has 2 aromatic rings. The molecule has 0 fully saturated rings. The van der Waals surface area contributed by atoms with E-state index in [0.29, 0.717) is 22.6 Å². The minimum Gasteiger partial charge on any atom is -0.496 e. The molecule has 6 heteroatoms. The number of rotatable bonds is 5. The van der Waals surface area contributed by atoms with Crippen molar-refractivity contribution in [1.82, 2.24) is 10.6 Å². The smallest absolute Gasteiger partial charge is 0.255 e. The van der Waals surface area contributed by atoms with Crippen LogP contribution in [0.1, 0.15) is 39.9 Å². The molecule has 0 bridgehead atoms. The summed E-state index contributed by atoms with van der Waals surface area (Å²) < 4.78 is 20.3. The van der Waals surface area contributed by atoms with Gasteiger partial charge in [0.15, 0.2) is 0 Å². The molecule has 2 aromatic carbocycles. The van der Waals surface area contributed by atoms with Crippen molar-refractivity contribution in [3.05, 3.63) is 70.6 Å². The van der Waals surface area contributed by atoms with E-state index in [-0.39, 0.29) is 11.7 Å². The average Bonchev–Trinajstić information content (AvgIpc) is 2.81. The zero-order valence-electron chi connectivity index (χ0n) is 18.0. The summed E-state index contributed by atoms with van der Waals surface area (Å²) in [5.41, 5.74) is 5.71. The summed E-state index contributed by atoms with van der Waals surface area (Å²) in [5, 5.41) is 9.45. The lowest BCUT2D eigenvalue weighted by Crippen LogP contribution is -2.20. The van der Waals surface area contributed by atoms with Gasteiger partial charge >= 0.3 is 0 Å². The molecule has 0 saturated heterocycles. The SMILES string of the molecule is COc1cc(NC(=O)c2ccc(C3=CCNCC3)c(F)c2)c(C)cc1C1=CCNCC1. The number of ether oxygens (including phenoxy) is 1. The van der Waals surface area contributed by atoms with Gasteiger partial charge in [0.25, 0.3) is 5.91 Å². The van der Waals surface area contributed by atoms with Crippen LogP contribution in [0.3, 0.4) is 0 Å². The van der Waals surface area contributed by atoms with Gasteiger partial charge in [-0.25, -0.2) is 4.39 Å². The molecule has 3 N–H and O–H groups in total. The summed E-state index contributed by atoms with van der Waals surface area (Å²) in [6.07, 6.45) is 5.87. The van der Waals surface area contributed by atoms with Gasteiger partial charge in [-0.15, -0.1) is 0 Å². The monoisotopic (exact) mass is 421 g/mol. The first-order valence-corrected chi connectivity index (χ1v) is 10.7. The molecule has 5 nitrogen and oxygen atoms in total. The highest BCUT2D eigenvalue weighted by Crippen LogP contribution is 2.34. The second-order valence-corrected chi connectivity index (χ2v) is 7.88. The van der Waals surface area contributed by atoms with Gasteiger partial charge in [0.2, 0.25) is 0 Å². The minimum atomic E-state index is -0.372. The Morgan fingerprint density at radius 1 is 1.00 bits per heavy atom. The van der Waals surface area contributed by atoms with E-state index in [1.54, 1.807) is 19.2 Å². The van der Waals surface area contributed by atoms with Gasteiger partial charge in [-0.2, -0.15) is 0 Å². The van der Waals surface area contributed by atoms with Crippen LogP contribution in [0.2, 0.25) is 0 Å². The summed E-state index contributed by atoms with van der Waals surface area (Å²) in [6, 6.07) is 8.57. The maximum absolute atomic E-state index is 14.7. The van der Waals surface area contributed by atoms with E-state index in [1.807, 2.05) is 25.1 Å². The predicted octanol–water partition coefficient (Wildman–Crippen LogP) is 4.15. The fourth-order valence-corrected chi connectivity index (χ4v) is 4.09. The Kier molecular flexibility index (Phi) is 6.49. The summed E-state index contributed by atoms with van der Waals surface area (Å²) >= 11 is 0. The molecule has 0 spiro atoms. The molecule has 0 radical (unpaired) electrons. The van der Waals surface area contributed by atoms with Crippen molar-refractivity contribution >= 4 is 22.7 Å². The van der Waals surface area contributed by atoms with E-state index < -0.39 is 0 Å². The van der Waals surface area contributed by atoms with E-state index in [9.17, 15) is 9.18 Å². The Morgan fingerprint density at radius 2 is 1.68 bits per heavy atom. The third-order valence-corrected chi connectivity index (χ3v) is 5.85. The maximum Gasteiger partial charge on any atom is 0.255 e. The molecular weight excluding hydrogens is 393 g/mol. The molecular formula is C25H28FN3O2. The lowest BCUT2D eigenvalue weighted by Gasteiger charge is -2.19. The number of hydrogen-bond donors (Lipinski definition) is 3. The normalized spacial score (nSPS) is 16.4. The molecule has 0 saturated carbocycles. The molecule has 0 aromatic heterocycles. The predicted molar refractivity (Wildman–Crippen MR) is 123 cm³/mol. The van der Waals surface area contributed by atoms with E-state index in [0.717, 1.165) is 55.7 Å². The highest BCUT2D eigenvalue weighted by Gasteiger charge is 2.17. The van der Waals surface area contributed by atoms with Crippen LogP contribution in [0, 0.1) is 12.7 Å². The fourth-order valence-electron chi connectivity index (χ4n) is 4.09. The topological polar surface area (TPSA) is 62.4 Å². The van der Waals surface area contributed by atoms with Crippen molar-refractivity contribution < 1.29 is 13.9 Å². The van der Waals surface area contributed by atoms with Gasteiger partial charge in [-0.1, -0.05) is 18.2 Å². The number of carbonyl (C=O) groups excluding carboxylic acids is 1. The second kappa shape index (κ2) is 9.45. The molecule has 2 heterocycles. The fraction of sp³-hybridized carbons (Fsp3) is 0.320. The number of benzene rings is 2. The third-order valence-electron chi connectivity index (χ3n) is 5.85. The van der Waals surface area contributed by atoms with Crippen LogP contribution in [-0.2, 0) is 0 Å². The lowest BCUT2D eigenvalue weighted by atomic mass is 9.96. The summed E-state index contributed by atoms with van der Waals surface area (Å²) in [5.74, 6) is 0.000412. The van der Waals surface area contributed by atoms with Gasteiger partial charge in [0.1, 0.15) is 11.6 Å². The molecule has 2 aliphatic rings. The molecule has 162 valence electrons. The largest absolute Gasteiger partial charge is 0.496 e. The van der Waals surface area contributed by atoms with Crippen LogP contribution in [0.15, 0.2) is 42.5 Å². The molecule has 31 heavy (non-hydrogen) atoms. The van der Waals surface area contributed by atoms with Gasteiger partial charge in [-0.3, -0.25) is 4.79 Å². The molecule has 0 aliphatic carbocycles. The maximum atomic E-state index is 14.7. The number of aryl methyl sites for hydroxylation is 1. The Morgan fingerprint density at radius 3 is 2.26 bits per heavy atom. The third kappa shape index (κ3) is 4.70. The number of methoxy groups -OCH3 is 1. The van der Waals surface area contributed by atoms with E-state index >= 15 is 0 Å². The zero-order chi connectivity index (χ0) is 21.8. The van der Waals surface area contributed by atoms with E-state index in [4.69, 9.17) is 4.74 Å². The number of amides is 1. The molecule has 0 unspecified atom stereocenters. The van der Waals surface area contributed by atoms with Crippen LogP contribution in [0.4, 0.5) is 10.1 Å². The van der Waals surface area contributed by atoms with E-state index in [2.05, 4.69) is 22.0 Å². The minimum absolute atomic E-state index is 0.291. The number of nitrogens with one attached hydrogen (secondary N) is 3. The van der Waals surface area contributed by atoms with Gasteiger partial charge in [0.05, 0.1) is 7.11 Å². The number of halogens is 1. The second-order valence-electron chi connectivity index (χ2n) is 7.88. The van der Waals surface area contributed by atoms with Gasteiger partial charge in [-0.05, 0) is 67.8 Å². The first-order valence-electron chi connectivity index (χ1n) is 10.7. The first-order chi connectivity index (χ1) is 15.1. The van der Waals surface area contributed by atoms with Crippen molar-refractivity contribution in [1.29, 1.82) is 0 Å². The van der Waals surface area contributed by atoms with Crippen molar-refractivity contribution in [3.63, 3.8) is 0 Å². The van der Waals surface area contributed by atoms with Crippen molar-refractivity contribution in [2.75, 3.05) is 38.6 Å². The first kappa shape index (κ1) is 21.3. The summed E-state index contributed by atoms with van der Waals surface area (Å²) in [6.45, 7) is 5.29. The Balaban J connectivity index is 1.56. The van der Waals surface area contributed by atoms with Crippen LogP contribution in [0.25, 0.3) is 11.1 Å². The van der Waals surface area contributed by atoms with Crippen LogP contribution >= 0.6 is 0 Å². The number of anilines is 1. The van der Waals surface area contributed by atoms with Crippen molar-refractivity contribution in [2.45, 2.75) is 19.8 Å². The van der Waals surface area contributed by atoms with Crippen LogP contribution in [-0.4, -0.2) is 39.2 Å². The van der Waals surface area contributed by atoms with Crippen LogP contribution < -0.4 is 20.7 Å². The van der Waals surface area contributed by atoms with Crippen LogP contribution in [0.5, 0.6) is 5.75 Å². The summed E-state index contributed by atoms with van der Waals surface area (Å²) in [7, 11) is 1.63. The average molecular weight is 422 g/mol. The number of hydrogen-bond acceptors (Lipinski definition) is 4. The Bertz CT molecular complexity index is 1060. The highest BCUT2D eigenvalue weighted by molar-refractivity contribution is 6.05. The van der Waals surface area contributed by atoms with E-state index in [1.165, 1.54) is 11.6 Å². The quantitative estimate of drug-likeness (QED) is 0.679. The van der Waals surface area contributed by atoms with Gasteiger partial charge in [0, 0.05) is 41.5 Å². The molecule has 4 rings (SSSR count). The number of carbonyl (C=O) groups is 1. The molecule has 1 amide bonds. The lowest BCUT2D eigenvalue weighted by molar-refractivity contribution is 0.102.